The molecule has 0 amide bonds. The van der Waals surface area contributed by atoms with Crippen LogP contribution in [0.2, 0.25) is 0 Å². The molecule has 0 atom stereocenters. The Morgan fingerprint density at radius 2 is 1.68 bits per heavy atom. The molecule has 120 valence electrons. The number of aryl methyl sites for hydroxylation is 1. The molecular formula is C16H19F3N2O. The summed E-state index contributed by atoms with van der Waals surface area (Å²) in [7, 11) is 1.28. The minimum atomic E-state index is -1.19. The van der Waals surface area contributed by atoms with Gasteiger partial charge in [0, 0.05) is 6.07 Å². The first kappa shape index (κ1) is 17.7. The second-order valence-corrected chi connectivity index (χ2v) is 4.27. The fraction of sp³-hybridized carbons (Fsp3) is 0.250. The van der Waals surface area contributed by atoms with Crippen molar-refractivity contribution in [2.75, 3.05) is 18.2 Å². The summed E-state index contributed by atoms with van der Waals surface area (Å²) in [4.78, 5) is 0. The zero-order chi connectivity index (χ0) is 16.9. The van der Waals surface area contributed by atoms with Crippen LogP contribution in [0.1, 0.15) is 19.4 Å². The molecule has 0 saturated carbocycles. The maximum Gasteiger partial charge on any atom is 0.184 e. The van der Waals surface area contributed by atoms with E-state index in [9.17, 15) is 13.2 Å². The number of benzene rings is 2. The maximum absolute atomic E-state index is 13.8. The van der Waals surface area contributed by atoms with Crippen LogP contribution < -0.4 is 15.8 Å². The van der Waals surface area contributed by atoms with Crippen LogP contribution in [0.3, 0.4) is 0 Å². The Kier molecular flexibility index (Phi) is 6.10. The molecule has 0 bridgehead atoms. The number of hydrogen-bond donors (Lipinski definition) is 2. The summed E-state index contributed by atoms with van der Waals surface area (Å²) in [5.74, 6) is -2.94. The van der Waals surface area contributed by atoms with Crippen molar-refractivity contribution < 1.29 is 17.9 Å². The molecular weight excluding hydrogens is 293 g/mol. The van der Waals surface area contributed by atoms with Gasteiger partial charge in [0.25, 0.3) is 0 Å². The first-order chi connectivity index (χ1) is 10.4. The van der Waals surface area contributed by atoms with Crippen molar-refractivity contribution >= 4 is 17.1 Å². The zero-order valence-electron chi connectivity index (χ0n) is 12.9. The topological polar surface area (TPSA) is 47.3 Å². The van der Waals surface area contributed by atoms with Gasteiger partial charge in [-0.15, -0.1) is 0 Å². The smallest absolute Gasteiger partial charge is 0.184 e. The number of nitrogen functional groups attached to an aromatic ring is 1. The Morgan fingerprint density at radius 3 is 2.23 bits per heavy atom. The number of ether oxygens (including phenoxy) is 1. The van der Waals surface area contributed by atoms with Gasteiger partial charge in [-0.2, -0.15) is 0 Å². The molecule has 0 fully saturated rings. The van der Waals surface area contributed by atoms with E-state index < -0.39 is 17.5 Å². The van der Waals surface area contributed by atoms with Gasteiger partial charge in [-0.1, -0.05) is 19.9 Å². The second kappa shape index (κ2) is 7.59. The molecule has 3 nitrogen and oxygen atoms in total. The number of halogens is 3. The molecule has 2 rings (SSSR count). The van der Waals surface area contributed by atoms with E-state index in [1.807, 2.05) is 13.8 Å². The predicted molar refractivity (Wildman–Crippen MR) is 83.1 cm³/mol. The van der Waals surface area contributed by atoms with E-state index in [0.29, 0.717) is 5.56 Å². The number of nitrogens with two attached hydrogens (primary N) is 1. The summed E-state index contributed by atoms with van der Waals surface area (Å²) >= 11 is 0. The molecule has 2 aromatic rings. The van der Waals surface area contributed by atoms with E-state index in [1.54, 1.807) is 13.0 Å². The molecule has 22 heavy (non-hydrogen) atoms. The SMILES string of the molecule is CC.COc1cc(F)c(F)c(Nc2ccc(C)cc2F)c1N. The van der Waals surface area contributed by atoms with Gasteiger partial charge in [0.05, 0.1) is 12.8 Å². The average molecular weight is 312 g/mol. The standard InChI is InChI=1S/C14H13F3N2O.C2H6/c1-7-3-4-10(8(15)5-7)19-14-12(17)9(16)6-11(20-2)13(14)18;1-2/h3-6,19H,18H2,1-2H3;1-2H3. The normalized spacial score (nSPS) is 9.77. The summed E-state index contributed by atoms with van der Waals surface area (Å²) < 4.78 is 45.8. The first-order valence-corrected chi connectivity index (χ1v) is 6.78. The minimum absolute atomic E-state index is 0.00569. The molecule has 0 saturated heterocycles. The summed E-state index contributed by atoms with van der Waals surface area (Å²) in [6.07, 6.45) is 0. The van der Waals surface area contributed by atoms with E-state index in [0.717, 1.165) is 6.07 Å². The summed E-state index contributed by atoms with van der Waals surface area (Å²) in [6.45, 7) is 5.72. The number of methoxy groups -OCH3 is 1. The van der Waals surface area contributed by atoms with Crippen LogP contribution in [0.15, 0.2) is 24.3 Å². The predicted octanol–water partition coefficient (Wildman–Crippen LogP) is 4.77. The summed E-state index contributed by atoms with van der Waals surface area (Å²) in [6, 6.07) is 5.16. The van der Waals surface area contributed by atoms with Crippen LogP contribution in [-0.4, -0.2) is 7.11 Å². The third-order valence-corrected chi connectivity index (χ3v) is 2.83. The van der Waals surface area contributed by atoms with Gasteiger partial charge < -0.3 is 15.8 Å². The monoisotopic (exact) mass is 312 g/mol. The van der Waals surface area contributed by atoms with Crippen molar-refractivity contribution in [2.24, 2.45) is 0 Å². The van der Waals surface area contributed by atoms with Crippen molar-refractivity contribution in [3.8, 4) is 5.75 Å². The van der Waals surface area contributed by atoms with E-state index in [4.69, 9.17) is 10.5 Å². The number of anilines is 3. The van der Waals surface area contributed by atoms with Crippen LogP contribution in [0.4, 0.5) is 30.2 Å². The largest absolute Gasteiger partial charge is 0.494 e. The molecule has 0 radical (unpaired) electrons. The van der Waals surface area contributed by atoms with E-state index >= 15 is 0 Å². The highest BCUT2D eigenvalue weighted by Gasteiger charge is 2.18. The van der Waals surface area contributed by atoms with Crippen LogP contribution in [0, 0.1) is 24.4 Å². The van der Waals surface area contributed by atoms with Gasteiger partial charge >= 0.3 is 0 Å². The van der Waals surface area contributed by atoms with Crippen molar-refractivity contribution in [1.82, 2.24) is 0 Å². The molecule has 0 unspecified atom stereocenters. The Morgan fingerprint density at radius 1 is 1.05 bits per heavy atom. The highest BCUT2D eigenvalue weighted by molar-refractivity contribution is 5.78. The van der Waals surface area contributed by atoms with Gasteiger partial charge in [-0.25, -0.2) is 13.2 Å². The third-order valence-electron chi connectivity index (χ3n) is 2.83. The molecule has 0 heterocycles. The third kappa shape index (κ3) is 3.63. The van der Waals surface area contributed by atoms with Crippen molar-refractivity contribution in [3.63, 3.8) is 0 Å². The molecule has 3 N–H and O–H groups in total. The van der Waals surface area contributed by atoms with Crippen molar-refractivity contribution in [2.45, 2.75) is 20.8 Å². The lowest BCUT2D eigenvalue weighted by atomic mass is 10.2. The van der Waals surface area contributed by atoms with Gasteiger partial charge in [-0.05, 0) is 24.6 Å². The van der Waals surface area contributed by atoms with E-state index in [-0.39, 0.29) is 22.8 Å². The lowest BCUT2D eigenvalue weighted by Crippen LogP contribution is -2.05. The summed E-state index contributed by atoms with van der Waals surface area (Å²) in [5, 5.41) is 2.46. The Bertz CT molecular complexity index is 660. The number of nitrogens with one attached hydrogen (secondary N) is 1. The molecule has 0 aliphatic rings. The van der Waals surface area contributed by atoms with Gasteiger partial charge in [0.1, 0.15) is 22.9 Å². The van der Waals surface area contributed by atoms with Crippen molar-refractivity contribution in [3.05, 3.63) is 47.3 Å². The van der Waals surface area contributed by atoms with E-state index in [2.05, 4.69) is 5.32 Å². The highest BCUT2D eigenvalue weighted by atomic mass is 19.2. The van der Waals surface area contributed by atoms with Crippen molar-refractivity contribution in [1.29, 1.82) is 0 Å². The fourth-order valence-electron chi connectivity index (χ4n) is 1.76. The number of hydrogen-bond acceptors (Lipinski definition) is 3. The lowest BCUT2D eigenvalue weighted by Gasteiger charge is -2.14. The average Bonchev–Trinajstić information content (AvgIpc) is 2.51. The molecule has 0 spiro atoms. The minimum Gasteiger partial charge on any atom is -0.494 e. The van der Waals surface area contributed by atoms with Gasteiger partial charge in [0.15, 0.2) is 11.6 Å². The molecule has 0 aliphatic heterocycles. The molecule has 0 aliphatic carbocycles. The van der Waals surface area contributed by atoms with Crippen LogP contribution in [0.5, 0.6) is 5.75 Å². The summed E-state index contributed by atoms with van der Waals surface area (Å²) in [5.41, 5.74) is 5.89. The first-order valence-electron chi connectivity index (χ1n) is 6.78. The van der Waals surface area contributed by atoms with Gasteiger partial charge in [0.2, 0.25) is 0 Å². The highest BCUT2D eigenvalue weighted by Crippen LogP contribution is 2.36. The maximum atomic E-state index is 13.8. The second-order valence-electron chi connectivity index (χ2n) is 4.27. The molecule has 2 aromatic carbocycles. The Hall–Kier alpha value is -2.37. The number of rotatable bonds is 3. The fourth-order valence-corrected chi connectivity index (χ4v) is 1.76. The zero-order valence-corrected chi connectivity index (χ0v) is 12.9. The lowest BCUT2D eigenvalue weighted by molar-refractivity contribution is 0.409. The van der Waals surface area contributed by atoms with Crippen LogP contribution >= 0.6 is 0 Å². The molecule has 0 aromatic heterocycles. The Labute approximate surface area is 127 Å². The van der Waals surface area contributed by atoms with Crippen LogP contribution in [0.25, 0.3) is 0 Å². The quantitative estimate of drug-likeness (QED) is 0.802. The Balaban J connectivity index is 0.00000116. The van der Waals surface area contributed by atoms with Gasteiger partial charge in [-0.3, -0.25) is 0 Å². The van der Waals surface area contributed by atoms with Crippen LogP contribution in [-0.2, 0) is 0 Å². The molecule has 6 heteroatoms. The van der Waals surface area contributed by atoms with E-state index in [1.165, 1.54) is 19.2 Å².